The molecule has 2 aromatic rings. The predicted molar refractivity (Wildman–Crippen MR) is 108 cm³/mol. The van der Waals surface area contributed by atoms with Crippen LogP contribution in [0.1, 0.15) is 36.1 Å². The van der Waals surface area contributed by atoms with Gasteiger partial charge in [0.05, 0.1) is 26.4 Å². The van der Waals surface area contributed by atoms with Crippen LogP contribution in [0.3, 0.4) is 0 Å². The van der Waals surface area contributed by atoms with Crippen LogP contribution in [0.25, 0.3) is 0 Å². The van der Waals surface area contributed by atoms with Crippen LogP contribution in [-0.4, -0.2) is 54.5 Å². The third-order valence-electron chi connectivity index (χ3n) is 6.24. The molecule has 2 aliphatic heterocycles. The molecule has 0 aliphatic carbocycles. The summed E-state index contributed by atoms with van der Waals surface area (Å²) in [5.41, 5.74) is 3.16. The lowest BCUT2D eigenvalue weighted by atomic mass is 9.79. The first-order valence-electron chi connectivity index (χ1n) is 10.2. The second-order valence-electron chi connectivity index (χ2n) is 7.78. The third-order valence-corrected chi connectivity index (χ3v) is 6.24. The molecule has 7 nitrogen and oxygen atoms in total. The number of carbonyl (C=O) groups is 1. The molecule has 0 unspecified atom stereocenters. The number of ether oxygens (including phenoxy) is 3. The van der Waals surface area contributed by atoms with Gasteiger partial charge in [-0.05, 0) is 55.5 Å². The maximum atomic E-state index is 12.7. The average Bonchev–Trinajstić information content (AvgIpc) is 3.16. The van der Waals surface area contributed by atoms with E-state index in [1.54, 1.807) is 20.4 Å². The molecule has 1 spiro atoms. The molecule has 0 saturated carbocycles. The maximum absolute atomic E-state index is 12.7. The van der Waals surface area contributed by atoms with E-state index in [0.717, 1.165) is 36.5 Å². The fraction of sp³-hybridized carbons (Fsp3) is 0.545. The summed E-state index contributed by atoms with van der Waals surface area (Å²) in [6, 6.07) is 6.09. The van der Waals surface area contributed by atoms with E-state index in [1.165, 1.54) is 11.1 Å². The fourth-order valence-electron chi connectivity index (χ4n) is 4.51. The number of methoxy groups -OCH3 is 2. The van der Waals surface area contributed by atoms with Gasteiger partial charge >= 0.3 is 0 Å². The molecule has 0 radical (unpaired) electrons. The van der Waals surface area contributed by atoms with Crippen LogP contribution in [-0.2, 0) is 28.1 Å². The lowest BCUT2D eigenvalue weighted by Crippen LogP contribution is -2.48. The second kappa shape index (κ2) is 8.06. The summed E-state index contributed by atoms with van der Waals surface area (Å²) in [5, 5.41) is 4.26. The molecule has 1 amide bonds. The Labute approximate surface area is 171 Å². The molecule has 1 aromatic heterocycles. The largest absolute Gasteiger partial charge is 0.493 e. The molecular formula is C22H29N3O4. The Bertz CT molecular complexity index is 884. The van der Waals surface area contributed by atoms with Crippen molar-refractivity contribution >= 4 is 5.91 Å². The van der Waals surface area contributed by atoms with Crippen LogP contribution in [0.15, 0.2) is 24.4 Å². The number of rotatable bonds is 5. The summed E-state index contributed by atoms with van der Waals surface area (Å²) in [7, 11) is 3.32. The SMILES string of the molecule is COc1cc2c(cc1OC)C1(CCN(C(=O)CCn3nccc3C)CC1)OCC2. The Morgan fingerprint density at radius 3 is 2.59 bits per heavy atom. The molecule has 1 aromatic carbocycles. The monoisotopic (exact) mass is 399 g/mol. The molecule has 0 bridgehead atoms. The molecule has 0 atom stereocenters. The Balaban J connectivity index is 1.45. The standard InChI is InChI=1S/C22H29N3O4/c1-16-4-9-23-25(16)10-5-21(26)24-11-7-22(8-12-24)18-15-20(28-3)19(27-2)14-17(18)6-13-29-22/h4,9,14-15H,5-8,10-13H2,1-3H3. The number of likely N-dealkylation sites (tertiary alicyclic amines) is 1. The van der Waals surface area contributed by atoms with Gasteiger partial charge in [-0.3, -0.25) is 9.48 Å². The number of fused-ring (bicyclic) bond motifs is 2. The van der Waals surface area contributed by atoms with Gasteiger partial charge in [0.1, 0.15) is 0 Å². The van der Waals surface area contributed by atoms with Crippen LogP contribution in [0.5, 0.6) is 11.5 Å². The molecule has 4 rings (SSSR count). The Kier molecular flexibility index (Phi) is 5.50. The first-order valence-corrected chi connectivity index (χ1v) is 10.2. The number of piperidine rings is 1. The number of nitrogens with zero attached hydrogens (tertiary/aromatic N) is 3. The zero-order valence-electron chi connectivity index (χ0n) is 17.4. The van der Waals surface area contributed by atoms with E-state index < -0.39 is 0 Å². The van der Waals surface area contributed by atoms with Gasteiger partial charge in [0.25, 0.3) is 0 Å². The molecule has 156 valence electrons. The summed E-state index contributed by atoms with van der Waals surface area (Å²) in [4.78, 5) is 14.7. The quantitative estimate of drug-likeness (QED) is 0.773. The predicted octanol–water partition coefficient (Wildman–Crippen LogP) is 2.69. The molecule has 1 fully saturated rings. The number of hydrogen-bond acceptors (Lipinski definition) is 5. The van der Waals surface area contributed by atoms with Gasteiger partial charge in [0.2, 0.25) is 5.91 Å². The first kappa shape index (κ1) is 19.8. The molecule has 1 saturated heterocycles. The van der Waals surface area contributed by atoms with Crippen LogP contribution in [0.2, 0.25) is 0 Å². The lowest BCUT2D eigenvalue weighted by Gasteiger charge is -2.45. The van der Waals surface area contributed by atoms with Crippen molar-refractivity contribution in [2.75, 3.05) is 33.9 Å². The summed E-state index contributed by atoms with van der Waals surface area (Å²) < 4.78 is 19.2. The zero-order valence-corrected chi connectivity index (χ0v) is 17.4. The van der Waals surface area contributed by atoms with Gasteiger partial charge in [-0.25, -0.2) is 0 Å². The van der Waals surface area contributed by atoms with Crippen molar-refractivity contribution in [3.05, 3.63) is 41.2 Å². The lowest BCUT2D eigenvalue weighted by molar-refractivity contribution is -0.141. The van der Waals surface area contributed by atoms with Crippen molar-refractivity contribution < 1.29 is 19.0 Å². The van der Waals surface area contributed by atoms with Crippen molar-refractivity contribution in [2.24, 2.45) is 0 Å². The van der Waals surface area contributed by atoms with E-state index >= 15 is 0 Å². The highest BCUT2D eigenvalue weighted by atomic mass is 16.5. The smallest absolute Gasteiger partial charge is 0.224 e. The maximum Gasteiger partial charge on any atom is 0.224 e. The van der Waals surface area contributed by atoms with E-state index in [9.17, 15) is 4.79 Å². The van der Waals surface area contributed by atoms with Gasteiger partial charge in [0.15, 0.2) is 11.5 Å². The number of carbonyl (C=O) groups excluding carboxylic acids is 1. The Morgan fingerprint density at radius 2 is 1.93 bits per heavy atom. The minimum Gasteiger partial charge on any atom is -0.493 e. The minimum absolute atomic E-state index is 0.179. The van der Waals surface area contributed by atoms with Crippen LogP contribution >= 0.6 is 0 Å². The molecule has 7 heteroatoms. The van der Waals surface area contributed by atoms with Crippen molar-refractivity contribution in [2.45, 2.75) is 44.8 Å². The number of amides is 1. The zero-order chi connectivity index (χ0) is 20.4. The van der Waals surface area contributed by atoms with Crippen molar-refractivity contribution in [1.29, 1.82) is 0 Å². The third kappa shape index (κ3) is 3.71. The second-order valence-corrected chi connectivity index (χ2v) is 7.78. The van der Waals surface area contributed by atoms with Crippen LogP contribution in [0, 0.1) is 6.92 Å². The summed E-state index contributed by atoms with van der Waals surface area (Å²) in [5.74, 6) is 1.66. The Hall–Kier alpha value is -2.54. The van der Waals surface area contributed by atoms with E-state index in [4.69, 9.17) is 14.2 Å². The van der Waals surface area contributed by atoms with Crippen molar-refractivity contribution in [3.8, 4) is 11.5 Å². The van der Waals surface area contributed by atoms with Crippen molar-refractivity contribution in [3.63, 3.8) is 0 Å². The highest BCUT2D eigenvalue weighted by molar-refractivity contribution is 5.76. The summed E-state index contributed by atoms with van der Waals surface area (Å²) >= 11 is 0. The van der Waals surface area contributed by atoms with E-state index in [1.807, 2.05) is 22.6 Å². The van der Waals surface area contributed by atoms with Gasteiger partial charge in [-0.2, -0.15) is 5.10 Å². The topological polar surface area (TPSA) is 65.8 Å². The van der Waals surface area contributed by atoms with Gasteiger partial charge in [-0.15, -0.1) is 0 Å². The number of aromatic nitrogens is 2. The van der Waals surface area contributed by atoms with Gasteiger partial charge in [-0.1, -0.05) is 0 Å². The number of aryl methyl sites for hydroxylation is 2. The van der Waals surface area contributed by atoms with E-state index in [0.29, 0.717) is 32.7 Å². The van der Waals surface area contributed by atoms with Crippen LogP contribution in [0.4, 0.5) is 0 Å². The normalized spacial score (nSPS) is 17.8. The van der Waals surface area contributed by atoms with Gasteiger partial charge < -0.3 is 19.1 Å². The molecular weight excluding hydrogens is 370 g/mol. The molecule has 3 heterocycles. The van der Waals surface area contributed by atoms with Gasteiger partial charge in [0, 0.05) is 37.9 Å². The first-order chi connectivity index (χ1) is 14.1. The van der Waals surface area contributed by atoms with E-state index in [-0.39, 0.29) is 11.5 Å². The average molecular weight is 399 g/mol. The highest BCUT2D eigenvalue weighted by Gasteiger charge is 2.42. The molecule has 29 heavy (non-hydrogen) atoms. The number of hydrogen-bond donors (Lipinski definition) is 0. The summed E-state index contributed by atoms with van der Waals surface area (Å²) in [6.07, 6.45) is 4.69. The van der Waals surface area contributed by atoms with Crippen LogP contribution < -0.4 is 9.47 Å². The molecule has 0 N–H and O–H groups in total. The minimum atomic E-state index is -0.345. The summed E-state index contributed by atoms with van der Waals surface area (Å²) in [6.45, 7) is 4.71. The van der Waals surface area contributed by atoms with E-state index in [2.05, 4.69) is 17.2 Å². The van der Waals surface area contributed by atoms with Crippen molar-refractivity contribution in [1.82, 2.24) is 14.7 Å². The highest BCUT2D eigenvalue weighted by Crippen LogP contribution is 2.45. The molecule has 2 aliphatic rings. The Morgan fingerprint density at radius 1 is 1.21 bits per heavy atom. The fourth-order valence-corrected chi connectivity index (χ4v) is 4.51. The number of benzene rings is 1.